The molecule has 0 bridgehead atoms. The van der Waals surface area contributed by atoms with Gasteiger partial charge in [-0.05, 0) is 46.0 Å². The summed E-state index contributed by atoms with van der Waals surface area (Å²) in [5.41, 5.74) is 0.613. The summed E-state index contributed by atoms with van der Waals surface area (Å²) < 4.78 is 0. The van der Waals surface area contributed by atoms with Crippen molar-refractivity contribution in [3.63, 3.8) is 0 Å². The second-order valence-corrected chi connectivity index (χ2v) is 7.21. The summed E-state index contributed by atoms with van der Waals surface area (Å²) in [5.74, 6) is 0.0528. The fraction of sp³-hybridized carbons (Fsp3) is 0.562. The monoisotopic (exact) mass is 328 g/mol. The topological polar surface area (TPSA) is 23.6 Å². The summed E-state index contributed by atoms with van der Waals surface area (Å²) in [5, 5.41) is 0.970. The number of piperazine rings is 1. The highest BCUT2D eigenvalue weighted by molar-refractivity contribution is 6.37. The molecule has 0 aliphatic carbocycles. The number of ketones is 1. The maximum Gasteiger partial charge on any atom is 0.181 e. The van der Waals surface area contributed by atoms with Crippen LogP contribution in [-0.2, 0) is 0 Å². The number of hydrogen-bond donors (Lipinski definition) is 0. The Morgan fingerprint density at radius 2 is 1.95 bits per heavy atom. The van der Waals surface area contributed by atoms with Crippen LogP contribution in [-0.4, -0.2) is 53.8 Å². The number of Topliss-reactive ketones (excluding diaryl/α,β-unsaturated/α-hetero) is 1. The molecule has 5 heteroatoms. The van der Waals surface area contributed by atoms with E-state index in [9.17, 15) is 4.79 Å². The SMILES string of the molecule is CC(C(=O)c1ccc(Cl)cc1Cl)N1CCN(C)C(C)(C)C1. The van der Waals surface area contributed by atoms with Crippen LogP contribution in [0.1, 0.15) is 31.1 Å². The minimum Gasteiger partial charge on any atom is -0.299 e. The van der Waals surface area contributed by atoms with E-state index in [4.69, 9.17) is 23.2 Å². The van der Waals surface area contributed by atoms with Crippen molar-refractivity contribution < 1.29 is 4.79 Å². The first kappa shape index (κ1) is 16.8. The molecule has 0 N–H and O–H groups in total. The molecule has 0 aromatic heterocycles. The highest BCUT2D eigenvalue weighted by Crippen LogP contribution is 2.25. The van der Waals surface area contributed by atoms with Crippen molar-refractivity contribution in [2.75, 3.05) is 26.7 Å². The summed E-state index contributed by atoms with van der Waals surface area (Å²) in [6, 6.07) is 4.86. The number of carbonyl (C=O) groups is 1. The number of halogens is 2. The molecule has 0 radical (unpaired) electrons. The van der Waals surface area contributed by atoms with Gasteiger partial charge in [-0.3, -0.25) is 14.6 Å². The van der Waals surface area contributed by atoms with Crippen LogP contribution in [0, 0.1) is 0 Å². The Labute approximate surface area is 136 Å². The van der Waals surface area contributed by atoms with Crippen molar-refractivity contribution in [2.45, 2.75) is 32.4 Å². The lowest BCUT2D eigenvalue weighted by Gasteiger charge is -2.47. The molecule has 1 atom stereocenters. The minimum absolute atomic E-state index is 0.0528. The van der Waals surface area contributed by atoms with Crippen molar-refractivity contribution in [3.8, 4) is 0 Å². The normalized spacial score (nSPS) is 21.2. The number of likely N-dealkylation sites (N-methyl/N-ethyl adjacent to an activating group) is 1. The molecule has 0 saturated carbocycles. The van der Waals surface area contributed by atoms with Gasteiger partial charge in [0, 0.05) is 35.8 Å². The standard InChI is InChI=1S/C16H22Cl2N2O/c1-11(20-8-7-19(4)16(2,3)10-20)15(21)13-6-5-12(17)9-14(13)18/h5-6,9,11H,7-8,10H2,1-4H3. The zero-order valence-electron chi connectivity index (χ0n) is 13.0. The van der Waals surface area contributed by atoms with Gasteiger partial charge in [0.1, 0.15) is 0 Å². The zero-order valence-corrected chi connectivity index (χ0v) is 14.5. The molecular formula is C16H22Cl2N2O. The maximum atomic E-state index is 12.7. The van der Waals surface area contributed by atoms with Gasteiger partial charge < -0.3 is 0 Å². The van der Waals surface area contributed by atoms with Crippen LogP contribution in [0.5, 0.6) is 0 Å². The van der Waals surface area contributed by atoms with Gasteiger partial charge in [-0.1, -0.05) is 23.2 Å². The summed E-state index contributed by atoms with van der Waals surface area (Å²) in [7, 11) is 2.12. The maximum absolute atomic E-state index is 12.7. The van der Waals surface area contributed by atoms with Crippen molar-refractivity contribution >= 4 is 29.0 Å². The van der Waals surface area contributed by atoms with Crippen LogP contribution in [0.15, 0.2) is 18.2 Å². The summed E-state index contributed by atoms with van der Waals surface area (Å²) in [4.78, 5) is 17.2. The third-order valence-electron chi connectivity index (χ3n) is 4.47. The lowest BCUT2D eigenvalue weighted by atomic mass is 9.96. The van der Waals surface area contributed by atoms with Crippen molar-refractivity contribution in [1.29, 1.82) is 0 Å². The zero-order chi connectivity index (χ0) is 15.8. The van der Waals surface area contributed by atoms with Crippen molar-refractivity contribution in [3.05, 3.63) is 33.8 Å². The molecule has 1 aliphatic rings. The van der Waals surface area contributed by atoms with Gasteiger partial charge in [0.25, 0.3) is 0 Å². The molecule has 1 unspecified atom stereocenters. The first-order valence-electron chi connectivity index (χ1n) is 7.17. The Morgan fingerprint density at radius 3 is 2.52 bits per heavy atom. The van der Waals surface area contributed by atoms with Crippen molar-refractivity contribution in [1.82, 2.24) is 9.80 Å². The Balaban J connectivity index is 2.16. The smallest absolute Gasteiger partial charge is 0.181 e. The third-order valence-corrected chi connectivity index (χ3v) is 5.02. The van der Waals surface area contributed by atoms with E-state index in [0.717, 1.165) is 19.6 Å². The number of hydrogen-bond acceptors (Lipinski definition) is 3. The molecule has 1 heterocycles. The molecular weight excluding hydrogens is 307 g/mol. The lowest BCUT2D eigenvalue weighted by molar-refractivity contribution is 0.0212. The molecule has 1 aromatic rings. The highest BCUT2D eigenvalue weighted by atomic mass is 35.5. The fourth-order valence-corrected chi connectivity index (χ4v) is 3.19. The molecule has 1 saturated heterocycles. The quantitative estimate of drug-likeness (QED) is 0.792. The second-order valence-electron chi connectivity index (χ2n) is 6.37. The summed E-state index contributed by atoms with van der Waals surface area (Å²) in [6.45, 7) is 9.06. The molecule has 116 valence electrons. The van der Waals surface area contributed by atoms with Crippen LogP contribution in [0.25, 0.3) is 0 Å². The van der Waals surface area contributed by atoms with Gasteiger partial charge in [0.15, 0.2) is 5.78 Å². The van der Waals surface area contributed by atoms with Crippen LogP contribution in [0.3, 0.4) is 0 Å². The minimum atomic E-state index is -0.184. The number of carbonyl (C=O) groups excluding carboxylic acids is 1. The third kappa shape index (κ3) is 3.59. The van der Waals surface area contributed by atoms with E-state index in [1.54, 1.807) is 18.2 Å². The molecule has 0 amide bonds. The largest absolute Gasteiger partial charge is 0.299 e. The van der Waals surface area contributed by atoms with Crippen LogP contribution in [0.2, 0.25) is 10.0 Å². The first-order chi connectivity index (χ1) is 9.72. The fourth-order valence-electron chi connectivity index (χ4n) is 2.69. The van der Waals surface area contributed by atoms with Gasteiger partial charge >= 0.3 is 0 Å². The Kier molecular flexibility index (Phi) is 4.99. The van der Waals surface area contributed by atoms with Gasteiger partial charge in [-0.25, -0.2) is 0 Å². The average molecular weight is 329 g/mol. The van der Waals surface area contributed by atoms with Gasteiger partial charge in [-0.15, -0.1) is 0 Å². The van der Waals surface area contributed by atoms with Gasteiger partial charge in [-0.2, -0.15) is 0 Å². The molecule has 1 aromatic carbocycles. The van der Waals surface area contributed by atoms with E-state index in [1.165, 1.54) is 0 Å². The number of benzene rings is 1. The highest BCUT2D eigenvalue weighted by Gasteiger charge is 2.35. The molecule has 1 aliphatic heterocycles. The molecule has 0 spiro atoms. The van der Waals surface area contributed by atoms with E-state index < -0.39 is 0 Å². The predicted molar refractivity (Wildman–Crippen MR) is 88.5 cm³/mol. The molecule has 3 nitrogen and oxygen atoms in total. The van der Waals surface area contributed by atoms with E-state index in [0.29, 0.717) is 15.6 Å². The first-order valence-corrected chi connectivity index (χ1v) is 7.92. The van der Waals surface area contributed by atoms with Crippen LogP contribution in [0.4, 0.5) is 0 Å². The molecule has 21 heavy (non-hydrogen) atoms. The van der Waals surface area contributed by atoms with E-state index in [2.05, 4.69) is 30.7 Å². The van der Waals surface area contributed by atoms with Crippen molar-refractivity contribution in [2.24, 2.45) is 0 Å². The number of nitrogens with zero attached hydrogens (tertiary/aromatic N) is 2. The summed E-state index contributed by atoms with van der Waals surface area (Å²) in [6.07, 6.45) is 0. The average Bonchev–Trinajstić information content (AvgIpc) is 2.40. The lowest BCUT2D eigenvalue weighted by Crippen LogP contribution is -2.60. The second kappa shape index (κ2) is 6.25. The van der Waals surface area contributed by atoms with Crippen LogP contribution >= 0.6 is 23.2 Å². The van der Waals surface area contributed by atoms with E-state index >= 15 is 0 Å². The van der Waals surface area contributed by atoms with Gasteiger partial charge in [0.05, 0.1) is 11.1 Å². The Morgan fingerprint density at radius 1 is 1.29 bits per heavy atom. The molecule has 2 rings (SSSR count). The Bertz CT molecular complexity index is 545. The van der Waals surface area contributed by atoms with E-state index in [-0.39, 0.29) is 17.4 Å². The van der Waals surface area contributed by atoms with Gasteiger partial charge in [0.2, 0.25) is 0 Å². The number of rotatable bonds is 3. The Hall–Kier alpha value is -0.610. The van der Waals surface area contributed by atoms with Crippen LogP contribution < -0.4 is 0 Å². The van der Waals surface area contributed by atoms with E-state index in [1.807, 2.05) is 6.92 Å². The summed E-state index contributed by atoms with van der Waals surface area (Å²) >= 11 is 12.0. The molecule has 1 fully saturated rings. The predicted octanol–water partition coefficient (Wildman–Crippen LogP) is 3.59.